The molecule has 1 heterocycles. The number of hydrogen-bond donors (Lipinski definition) is 1. The lowest BCUT2D eigenvalue weighted by atomic mass is 10.0. The van der Waals surface area contributed by atoms with Crippen molar-refractivity contribution in [2.24, 2.45) is 5.92 Å². The molecule has 1 saturated heterocycles. The summed E-state index contributed by atoms with van der Waals surface area (Å²) in [6.45, 7) is 6.75. The fourth-order valence-corrected chi connectivity index (χ4v) is 3.55. The van der Waals surface area contributed by atoms with Crippen LogP contribution in [0.5, 0.6) is 0 Å². The maximum Gasteiger partial charge on any atom is 0.0701 e. The Hall–Kier alpha value is 0.190. The van der Waals surface area contributed by atoms with Gasteiger partial charge in [-0.2, -0.15) is 11.8 Å². The van der Waals surface area contributed by atoms with Crippen LogP contribution in [0, 0.1) is 5.92 Å². The van der Waals surface area contributed by atoms with Gasteiger partial charge in [-0.15, -0.1) is 0 Å². The van der Waals surface area contributed by atoms with Gasteiger partial charge in [-0.25, -0.2) is 0 Å². The van der Waals surface area contributed by atoms with Crippen molar-refractivity contribution in [1.29, 1.82) is 0 Å². The second-order valence-electron chi connectivity index (χ2n) is 4.47. The largest absolute Gasteiger partial charge is 0.382 e. The van der Waals surface area contributed by atoms with Gasteiger partial charge in [0.1, 0.15) is 0 Å². The van der Waals surface area contributed by atoms with E-state index in [-0.39, 0.29) is 0 Å². The second kappa shape index (κ2) is 11.1. The van der Waals surface area contributed by atoms with Crippen LogP contribution in [-0.4, -0.2) is 64.2 Å². The fourth-order valence-electron chi connectivity index (χ4n) is 2.07. The highest BCUT2D eigenvalue weighted by Crippen LogP contribution is 2.26. The standard InChI is InChI=1S/C13H27NO3S/c1-3-14-13-11-18-10-12(13)4-5-16-8-9-17-7-6-15-2/h12-14H,3-11H2,1-2H3. The molecule has 0 aromatic carbocycles. The van der Waals surface area contributed by atoms with Gasteiger partial charge in [0.15, 0.2) is 0 Å². The molecule has 2 atom stereocenters. The van der Waals surface area contributed by atoms with Crippen LogP contribution in [0.4, 0.5) is 0 Å². The van der Waals surface area contributed by atoms with E-state index >= 15 is 0 Å². The van der Waals surface area contributed by atoms with E-state index in [2.05, 4.69) is 24.0 Å². The normalized spacial score (nSPS) is 23.7. The van der Waals surface area contributed by atoms with Crippen LogP contribution >= 0.6 is 11.8 Å². The van der Waals surface area contributed by atoms with E-state index in [1.807, 2.05) is 0 Å². The molecule has 4 nitrogen and oxygen atoms in total. The number of ether oxygens (including phenoxy) is 3. The summed E-state index contributed by atoms with van der Waals surface area (Å²) in [5.41, 5.74) is 0. The Labute approximate surface area is 115 Å². The molecule has 2 unspecified atom stereocenters. The third-order valence-corrected chi connectivity index (χ3v) is 4.36. The molecular weight excluding hydrogens is 250 g/mol. The highest BCUT2D eigenvalue weighted by Gasteiger charge is 2.26. The van der Waals surface area contributed by atoms with Gasteiger partial charge in [-0.05, 0) is 24.6 Å². The van der Waals surface area contributed by atoms with E-state index in [9.17, 15) is 0 Å². The van der Waals surface area contributed by atoms with Crippen LogP contribution in [0.2, 0.25) is 0 Å². The minimum absolute atomic E-state index is 0.654. The van der Waals surface area contributed by atoms with Crippen LogP contribution in [0.1, 0.15) is 13.3 Å². The predicted molar refractivity (Wildman–Crippen MR) is 76.4 cm³/mol. The van der Waals surface area contributed by atoms with Crippen molar-refractivity contribution in [2.45, 2.75) is 19.4 Å². The first-order valence-electron chi connectivity index (χ1n) is 6.84. The number of hydrogen-bond acceptors (Lipinski definition) is 5. The third kappa shape index (κ3) is 6.95. The number of rotatable bonds is 11. The van der Waals surface area contributed by atoms with Crippen molar-refractivity contribution in [1.82, 2.24) is 5.32 Å². The number of thioether (sulfide) groups is 1. The molecule has 1 fully saturated rings. The Bertz CT molecular complexity index is 195. The summed E-state index contributed by atoms with van der Waals surface area (Å²) in [6.07, 6.45) is 1.16. The first-order chi connectivity index (χ1) is 8.88. The highest BCUT2D eigenvalue weighted by atomic mass is 32.2. The van der Waals surface area contributed by atoms with Gasteiger partial charge in [0.2, 0.25) is 0 Å². The molecule has 1 aliphatic heterocycles. The summed E-state index contributed by atoms with van der Waals surface area (Å²) in [7, 11) is 1.68. The maximum absolute atomic E-state index is 5.60. The Kier molecular flexibility index (Phi) is 9.98. The average Bonchev–Trinajstić information content (AvgIpc) is 2.81. The summed E-state index contributed by atoms with van der Waals surface area (Å²) < 4.78 is 15.8. The molecule has 0 saturated carbocycles. The third-order valence-electron chi connectivity index (χ3n) is 3.10. The van der Waals surface area contributed by atoms with Crippen molar-refractivity contribution in [3.8, 4) is 0 Å². The zero-order valence-corrected chi connectivity index (χ0v) is 12.5. The highest BCUT2D eigenvalue weighted by molar-refractivity contribution is 7.99. The summed E-state index contributed by atoms with van der Waals surface area (Å²) in [5.74, 6) is 3.29. The predicted octanol–water partition coefficient (Wildman–Crippen LogP) is 1.40. The van der Waals surface area contributed by atoms with E-state index < -0.39 is 0 Å². The molecule has 0 aromatic heterocycles. The van der Waals surface area contributed by atoms with Crippen LogP contribution in [0.3, 0.4) is 0 Å². The van der Waals surface area contributed by atoms with Gasteiger partial charge in [0, 0.05) is 25.5 Å². The molecule has 0 radical (unpaired) electrons. The summed E-state index contributed by atoms with van der Waals surface area (Å²) in [6, 6.07) is 0.682. The minimum atomic E-state index is 0.654. The Morgan fingerprint density at radius 1 is 1.06 bits per heavy atom. The van der Waals surface area contributed by atoms with E-state index in [0.29, 0.717) is 32.5 Å². The summed E-state index contributed by atoms with van der Waals surface area (Å²) in [4.78, 5) is 0. The van der Waals surface area contributed by atoms with Crippen molar-refractivity contribution < 1.29 is 14.2 Å². The molecule has 0 bridgehead atoms. The van der Waals surface area contributed by atoms with Gasteiger partial charge in [0.25, 0.3) is 0 Å². The SMILES string of the molecule is CCNC1CSCC1CCOCCOCCOC. The maximum atomic E-state index is 5.60. The van der Waals surface area contributed by atoms with Crippen molar-refractivity contribution in [3.05, 3.63) is 0 Å². The molecule has 1 aliphatic rings. The van der Waals surface area contributed by atoms with Gasteiger partial charge < -0.3 is 19.5 Å². The molecule has 0 spiro atoms. The molecule has 5 heteroatoms. The Morgan fingerprint density at radius 3 is 2.50 bits per heavy atom. The van der Waals surface area contributed by atoms with Crippen LogP contribution < -0.4 is 5.32 Å². The molecule has 1 N–H and O–H groups in total. The van der Waals surface area contributed by atoms with Crippen molar-refractivity contribution in [2.75, 3.05) is 58.2 Å². The molecule has 0 amide bonds. The lowest BCUT2D eigenvalue weighted by molar-refractivity contribution is 0.0218. The summed E-state index contributed by atoms with van der Waals surface area (Å²) >= 11 is 2.05. The Morgan fingerprint density at radius 2 is 1.78 bits per heavy atom. The van der Waals surface area contributed by atoms with E-state index in [0.717, 1.165) is 25.5 Å². The monoisotopic (exact) mass is 277 g/mol. The second-order valence-corrected chi connectivity index (χ2v) is 5.54. The van der Waals surface area contributed by atoms with Crippen LogP contribution in [0.25, 0.3) is 0 Å². The fraction of sp³-hybridized carbons (Fsp3) is 1.00. The zero-order valence-electron chi connectivity index (χ0n) is 11.7. The summed E-state index contributed by atoms with van der Waals surface area (Å²) in [5, 5.41) is 3.55. The van der Waals surface area contributed by atoms with Gasteiger partial charge in [-0.1, -0.05) is 6.92 Å². The van der Waals surface area contributed by atoms with Gasteiger partial charge >= 0.3 is 0 Å². The lowest BCUT2D eigenvalue weighted by Crippen LogP contribution is -2.35. The molecule has 1 rings (SSSR count). The first kappa shape index (κ1) is 16.2. The first-order valence-corrected chi connectivity index (χ1v) is 7.99. The van der Waals surface area contributed by atoms with Gasteiger partial charge in [0.05, 0.1) is 26.4 Å². The van der Waals surface area contributed by atoms with E-state index in [1.54, 1.807) is 7.11 Å². The lowest BCUT2D eigenvalue weighted by Gasteiger charge is -2.19. The quantitative estimate of drug-likeness (QED) is 0.578. The number of nitrogens with one attached hydrogen (secondary N) is 1. The number of methoxy groups -OCH3 is 1. The Balaban J connectivity index is 1.91. The zero-order chi connectivity index (χ0) is 13.1. The molecule has 108 valence electrons. The van der Waals surface area contributed by atoms with Crippen molar-refractivity contribution >= 4 is 11.8 Å². The van der Waals surface area contributed by atoms with E-state index in [1.165, 1.54) is 11.5 Å². The van der Waals surface area contributed by atoms with Crippen LogP contribution in [0.15, 0.2) is 0 Å². The molecule has 0 aromatic rings. The minimum Gasteiger partial charge on any atom is -0.382 e. The smallest absolute Gasteiger partial charge is 0.0701 e. The molecular formula is C13H27NO3S. The molecule has 0 aliphatic carbocycles. The van der Waals surface area contributed by atoms with E-state index in [4.69, 9.17) is 14.2 Å². The molecule has 18 heavy (non-hydrogen) atoms. The van der Waals surface area contributed by atoms with Crippen LogP contribution in [-0.2, 0) is 14.2 Å². The average molecular weight is 277 g/mol. The topological polar surface area (TPSA) is 39.7 Å². The van der Waals surface area contributed by atoms with Crippen molar-refractivity contribution in [3.63, 3.8) is 0 Å². The van der Waals surface area contributed by atoms with Gasteiger partial charge in [-0.3, -0.25) is 0 Å².